The fourth-order valence-electron chi connectivity index (χ4n) is 2.55. The van der Waals surface area contributed by atoms with Gasteiger partial charge in [-0.25, -0.2) is 0 Å². The lowest BCUT2D eigenvalue weighted by Crippen LogP contribution is -2.44. The molecule has 138 valence electrons. The molecule has 3 N–H and O–H groups in total. The summed E-state index contributed by atoms with van der Waals surface area (Å²) in [6.07, 6.45) is 3.23. The second-order valence-electron chi connectivity index (χ2n) is 6.71. The fourth-order valence-corrected chi connectivity index (χ4v) is 2.55. The van der Waals surface area contributed by atoms with Gasteiger partial charge in [0.15, 0.2) is 5.96 Å². The monoisotopic (exact) mass is 456 g/mol. The van der Waals surface area contributed by atoms with E-state index in [0.29, 0.717) is 6.54 Å². The van der Waals surface area contributed by atoms with Gasteiger partial charge in [0, 0.05) is 19.6 Å². The molecule has 0 radical (unpaired) electrons. The molecule has 0 unspecified atom stereocenters. The molecule has 25 heavy (non-hydrogen) atoms. The SMILES string of the molecule is CCNC(=NCC(C)(C)C(N)=O)N1CC=C(c2ccccc2)CC1.I. The number of nitrogens with two attached hydrogens (primary N) is 1. The molecular weight excluding hydrogens is 427 g/mol. The van der Waals surface area contributed by atoms with E-state index in [0.717, 1.165) is 32.0 Å². The number of nitrogens with one attached hydrogen (secondary N) is 1. The summed E-state index contributed by atoms with van der Waals surface area (Å²) < 4.78 is 0. The van der Waals surface area contributed by atoms with Gasteiger partial charge in [0.25, 0.3) is 0 Å². The number of hydrogen-bond donors (Lipinski definition) is 2. The number of nitrogens with zero attached hydrogens (tertiary/aromatic N) is 2. The minimum Gasteiger partial charge on any atom is -0.369 e. The Labute approximate surface area is 167 Å². The van der Waals surface area contributed by atoms with Crippen molar-refractivity contribution >= 4 is 41.4 Å². The van der Waals surface area contributed by atoms with Crippen LogP contribution in [0.5, 0.6) is 0 Å². The number of hydrogen-bond acceptors (Lipinski definition) is 2. The van der Waals surface area contributed by atoms with E-state index in [1.54, 1.807) is 0 Å². The van der Waals surface area contributed by atoms with Crippen molar-refractivity contribution in [2.75, 3.05) is 26.2 Å². The van der Waals surface area contributed by atoms with E-state index >= 15 is 0 Å². The number of guanidine groups is 1. The number of carbonyl (C=O) groups is 1. The molecule has 1 aromatic carbocycles. The summed E-state index contributed by atoms with van der Waals surface area (Å²) in [5.74, 6) is 0.516. The van der Waals surface area contributed by atoms with Crippen molar-refractivity contribution in [1.29, 1.82) is 0 Å². The molecule has 5 nitrogen and oxygen atoms in total. The Balaban J connectivity index is 0.00000312. The first-order valence-electron chi connectivity index (χ1n) is 8.51. The first-order valence-corrected chi connectivity index (χ1v) is 8.51. The normalized spacial score (nSPS) is 15.2. The van der Waals surface area contributed by atoms with Crippen LogP contribution in [0.25, 0.3) is 5.57 Å². The molecule has 1 aliphatic heterocycles. The standard InChI is InChI=1S/C19H28N4O.HI/c1-4-21-18(22-14-19(2,3)17(20)24)23-12-10-16(11-13-23)15-8-6-5-7-9-15;/h5-10H,4,11-14H2,1-3H3,(H2,20,24)(H,21,22);1H. The predicted molar refractivity (Wildman–Crippen MR) is 115 cm³/mol. The van der Waals surface area contributed by atoms with Crippen LogP contribution in [-0.2, 0) is 4.79 Å². The smallest absolute Gasteiger partial charge is 0.224 e. The fraction of sp³-hybridized carbons (Fsp3) is 0.474. The third-order valence-electron chi connectivity index (χ3n) is 4.28. The summed E-state index contributed by atoms with van der Waals surface area (Å²) in [6.45, 7) is 8.59. The molecule has 1 heterocycles. The van der Waals surface area contributed by atoms with Crippen LogP contribution in [0.4, 0.5) is 0 Å². The Hall–Kier alpha value is -1.57. The molecule has 1 amide bonds. The number of halogens is 1. The van der Waals surface area contributed by atoms with Gasteiger partial charge >= 0.3 is 0 Å². The molecule has 0 atom stereocenters. The highest BCUT2D eigenvalue weighted by atomic mass is 127. The van der Waals surface area contributed by atoms with Crippen molar-refractivity contribution in [2.45, 2.75) is 27.2 Å². The lowest BCUT2D eigenvalue weighted by atomic mass is 9.93. The highest BCUT2D eigenvalue weighted by Crippen LogP contribution is 2.22. The maximum absolute atomic E-state index is 11.5. The van der Waals surface area contributed by atoms with Crippen molar-refractivity contribution in [3.05, 3.63) is 42.0 Å². The van der Waals surface area contributed by atoms with Crippen LogP contribution in [0, 0.1) is 5.41 Å². The molecule has 0 fully saturated rings. The van der Waals surface area contributed by atoms with Crippen LogP contribution in [-0.4, -0.2) is 42.9 Å². The lowest BCUT2D eigenvalue weighted by Gasteiger charge is -2.30. The number of rotatable bonds is 5. The average molecular weight is 456 g/mol. The van der Waals surface area contributed by atoms with Crippen LogP contribution in [0.3, 0.4) is 0 Å². The molecule has 0 aromatic heterocycles. The van der Waals surface area contributed by atoms with E-state index in [4.69, 9.17) is 5.73 Å². The van der Waals surface area contributed by atoms with Crippen molar-refractivity contribution in [3.63, 3.8) is 0 Å². The van der Waals surface area contributed by atoms with E-state index in [9.17, 15) is 4.79 Å². The van der Waals surface area contributed by atoms with Gasteiger partial charge in [-0.3, -0.25) is 9.79 Å². The lowest BCUT2D eigenvalue weighted by molar-refractivity contribution is -0.125. The minimum absolute atomic E-state index is 0. The number of aliphatic imine (C=N–C) groups is 1. The first kappa shape index (κ1) is 21.5. The van der Waals surface area contributed by atoms with E-state index in [2.05, 4.69) is 45.6 Å². The molecule has 1 aromatic rings. The van der Waals surface area contributed by atoms with Crippen LogP contribution in [0.2, 0.25) is 0 Å². The van der Waals surface area contributed by atoms with Gasteiger partial charge in [0.1, 0.15) is 0 Å². The molecule has 0 saturated heterocycles. The summed E-state index contributed by atoms with van der Waals surface area (Å²) in [5, 5.41) is 3.31. The van der Waals surface area contributed by atoms with Gasteiger partial charge in [-0.1, -0.05) is 36.4 Å². The van der Waals surface area contributed by atoms with E-state index in [-0.39, 0.29) is 29.9 Å². The molecule has 6 heteroatoms. The van der Waals surface area contributed by atoms with Gasteiger partial charge in [0.2, 0.25) is 5.91 Å². The Kier molecular flexibility index (Phi) is 8.41. The first-order chi connectivity index (χ1) is 11.4. The van der Waals surface area contributed by atoms with Gasteiger partial charge in [-0.2, -0.15) is 0 Å². The van der Waals surface area contributed by atoms with Crippen LogP contribution in [0.15, 0.2) is 41.4 Å². The van der Waals surface area contributed by atoms with Crippen molar-refractivity contribution in [3.8, 4) is 0 Å². The molecule has 0 spiro atoms. The van der Waals surface area contributed by atoms with Crippen molar-refractivity contribution < 1.29 is 4.79 Å². The summed E-state index contributed by atoms with van der Waals surface area (Å²) in [7, 11) is 0. The molecular formula is C19H29IN4O. The summed E-state index contributed by atoms with van der Waals surface area (Å²) in [4.78, 5) is 18.3. The second-order valence-corrected chi connectivity index (χ2v) is 6.71. The quantitative estimate of drug-likeness (QED) is 0.407. The second kappa shape index (κ2) is 9.79. The predicted octanol–water partition coefficient (Wildman–Crippen LogP) is 2.87. The van der Waals surface area contributed by atoms with Gasteiger partial charge in [-0.15, -0.1) is 24.0 Å². The maximum Gasteiger partial charge on any atom is 0.224 e. The Morgan fingerprint density at radius 2 is 2.00 bits per heavy atom. The van der Waals surface area contributed by atoms with E-state index in [1.807, 2.05) is 26.8 Å². The molecule has 1 aliphatic rings. The average Bonchev–Trinajstić information content (AvgIpc) is 2.59. The minimum atomic E-state index is -0.637. The third-order valence-corrected chi connectivity index (χ3v) is 4.28. The maximum atomic E-state index is 11.5. The number of carbonyl (C=O) groups excluding carboxylic acids is 1. The highest BCUT2D eigenvalue weighted by molar-refractivity contribution is 14.0. The zero-order valence-corrected chi connectivity index (χ0v) is 17.6. The van der Waals surface area contributed by atoms with Crippen LogP contribution in [0.1, 0.15) is 32.8 Å². The van der Waals surface area contributed by atoms with Crippen molar-refractivity contribution in [2.24, 2.45) is 16.1 Å². The van der Waals surface area contributed by atoms with E-state index < -0.39 is 5.41 Å². The summed E-state index contributed by atoms with van der Waals surface area (Å²) in [6, 6.07) is 10.5. The summed E-state index contributed by atoms with van der Waals surface area (Å²) >= 11 is 0. The van der Waals surface area contributed by atoms with Gasteiger partial charge in [0.05, 0.1) is 12.0 Å². The van der Waals surface area contributed by atoms with Gasteiger partial charge < -0.3 is 16.0 Å². The molecule has 0 bridgehead atoms. The molecule has 2 rings (SSSR count). The zero-order chi connectivity index (χ0) is 17.6. The Morgan fingerprint density at radius 3 is 2.52 bits per heavy atom. The van der Waals surface area contributed by atoms with Crippen LogP contribution < -0.4 is 11.1 Å². The van der Waals surface area contributed by atoms with Crippen molar-refractivity contribution in [1.82, 2.24) is 10.2 Å². The van der Waals surface area contributed by atoms with Crippen LogP contribution >= 0.6 is 24.0 Å². The zero-order valence-electron chi connectivity index (χ0n) is 15.3. The van der Waals surface area contributed by atoms with Gasteiger partial charge in [-0.05, 0) is 38.3 Å². The Bertz CT molecular complexity index is 626. The highest BCUT2D eigenvalue weighted by Gasteiger charge is 2.25. The number of benzene rings is 1. The summed E-state index contributed by atoms with van der Waals surface area (Å²) in [5.41, 5.74) is 7.46. The topological polar surface area (TPSA) is 70.7 Å². The third kappa shape index (κ3) is 6.02. The van der Waals surface area contributed by atoms with E-state index in [1.165, 1.54) is 11.1 Å². The largest absolute Gasteiger partial charge is 0.369 e. The number of amides is 1. The molecule has 0 aliphatic carbocycles. The number of primary amides is 1. The Morgan fingerprint density at radius 1 is 1.32 bits per heavy atom. The molecule has 0 saturated carbocycles.